The second kappa shape index (κ2) is 8.77. The molecular weight excluding hydrogens is 418 g/mol. The zero-order chi connectivity index (χ0) is 22.8. The van der Waals surface area contributed by atoms with Gasteiger partial charge in [0.1, 0.15) is 5.57 Å². The molecule has 0 N–H and O–H groups in total. The summed E-state index contributed by atoms with van der Waals surface area (Å²) in [6.07, 6.45) is 1.63. The summed E-state index contributed by atoms with van der Waals surface area (Å²) >= 11 is 5.67. The Kier molecular flexibility index (Phi) is 5.88. The van der Waals surface area contributed by atoms with Gasteiger partial charge < -0.3 is 4.90 Å². The fourth-order valence-corrected chi connectivity index (χ4v) is 3.97. The first-order valence-corrected chi connectivity index (χ1v) is 10.6. The molecule has 3 aromatic rings. The van der Waals surface area contributed by atoms with Gasteiger partial charge in [-0.3, -0.25) is 19.4 Å². The normalized spacial score (nSPS) is 15.5. The van der Waals surface area contributed by atoms with Crippen LogP contribution in [0.4, 0.5) is 17.1 Å². The van der Waals surface area contributed by atoms with Crippen LogP contribution < -0.4 is 14.7 Å². The predicted molar refractivity (Wildman–Crippen MR) is 134 cm³/mol. The van der Waals surface area contributed by atoms with Gasteiger partial charge in [0.05, 0.1) is 11.4 Å². The highest BCUT2D eigenvalue weighted by molar-refractivity contribution is 7.81. The zero-order valence-electron chi connectivity index (χ0n) is 18.1. The molecule has 1 fully saturated rings. The maximum atomic E-state index is 13.6. The van der Waals surface area contributed by atoms with E-state index < -0.39 is 11.8 Å². The van der Waals surface area contributed by atoms with E-state index in [1.165, 1.54) is 9.80 Å². The summed E-state index contributed by atoms with van der Waals surface area (Å²) in [6, 6.07) is 24.3. The molecule has 1 aliphatic heterocycles. The average molecular weight is 442 g/mol. The van der Waals surface area contributed by atoms with Crippen molar-refractivity contribution in [1.29, 1.82) is 0 Å². The van der Waals surface area contributed by atoms with E-state index in [1.807, 2.05) is 92.6 Å². The fraction of sp³-hybridized carbons (Fsp3) is 0.115. The minimum absolute atomic E-state index is 0.0586. The molecule has 6 heteroatoms. The van der Waals surface area contributed by atoms with E-state index in [-0.39, 0.29) is 10.7 Å². The predicted octanol–water partition coefficient (Wildman–Crippen LogP) is 4.81. The van der Waals surface area contributed by atoms with E-state index in [9.17, 15) is 9.59 Å². The third kappa shape index (κ3) is 3.92. The molecule has 0 bridgehead atoms. The summed E-state index contributed by atoms with van der Waals surface area (Å²) in [7, 11) is 3.92. The van der Waals surface area contributed by atoms with E-state index in [2.05, 4.69) is 0 Å². The number of hydrogen-bond donors (Lipinski definition) is 0. The van der Waals surface area contributed by atoms with E-state index in [0.29, 0.717) is 11.4 Å². The second-order valence-electron chi connectivity index (χ2n) is 7.73. The first kappa shape index (κ1) is 21.5. The summed E-state index contributed by atoms with van der Waals surface area (Å²) in [5.74, 6) is -0.870. The van der Waals surface area contributed by atoms with Gasteiger partial charge in [-0.2, -0.15) is 0 Å². The van der Waals surface area contributed by atoms with Crippen molar-refractivity contribution in [2.75, 3.05) is 28.8 Å². The largest absolute Gasteiger partial charge is 0.378 e. The van der Waals surface area contributed by atoms with Crippen LogP contribution in [0.15, 0.2) is 84.4 Å². The fourth-order valence-electron chi connectivity index (χ4n) is 3.60. The summed E-state index contributed by atoms with van der Waals surface area (Å²) in [4.78, 5) is 31.9. The molecule has 1 saturated heterocycles. The van der Waals surface area contributed by atoms with Crippen LogP contribution >= 0.6 is 12.2 Å². The van der Waals surface area contributed by atoms with E-state index >= 15 is 0 Å². The molecule has 1 aliphatic rings. The number of carbonyl (C=O) groups excluding carboxylic acids is 2. The molecule has 2 amide bonds. The SMILES string of the molecule is Cc1ccccc1N1C(=O)/C(=C/c2ccc(N(C)C)cc2)C(=O)N(c2ccccc2)C1=S. The molecule has 4 rings (SSSR count). The lowest BCUT2D eigenvalue weighted by molar-refractivity contribution is -0.120. The molecule has 0 radical (unpaired) electrons. The van der Waals surface area contributed by atoms with Gasteiger partial charge in [-0.25, -0.2) is 0 Å². The van der Waals surface area contributed by atoms with Gasteiger partial charge in [0.15, 0.2) is 5.11 Å². The summed E-state index contributed by atoms with van der Waals surface area (Å²) < 4.78 is 0. The quantitative estimate of drug-likeness (QED) is 0.331. The monoisotopic (exact) mass is 441 g/mol. The van der Waals surface area contributed by atoms with Crippen molar-refractivity contribution in [1.82, 2.24) is 0 Å². The number of thiocarbonyl (C=S) groups is 1. The second-order valence-corrected chi connectivity index (χ2v) is 8.09. The first-order chi connectivity index (χ1) is 15.4. The van der Waals surface area contributed by atoms with Crippen LogP contribution in [-0.4, -0.2) is 31.0 Å². The van der Waals surface area contributed by atoms with E-state index in [0.717, 1.165) is 16.8 Å². The number of anilines is 3. The zero-order valence-corrected chi connectivity index (χ0v) is 19.0. The average Bonchev–Trinajstić information content (AvgIpc) is 2.79. The van der Waals surface area contributed by atoms with Gasteiger partial charge >= 0.3 is 0 Å². The molecule has 0 unspecified atom stereocenters. The Balaban J connectivity index is 1.85. The van der Waals surface area contributed by atoms with Gasteiger partial charge in [-0.1, -0.05) is 48.5 Å². The molecule has 3 aromatic carbocycles. The maximum absolute atomic E-state index is 13.6. The van der Waals surface area contributed by atoms with Crippen LogP contribution in [0.1, 0.15) is 11.1 Å². The summed E-state index contributed by atoms with van der Waals surface area (Å²) in [5.41, 5.74) is 4.01. The Labute approximate surface area is 193 Å². The summed E-state index contributed by atoms with van der Waals surface area (Å²) in [5, 5.41) is 0.139. The topological polar surface area (TPSA) is 43.9 Å². The van der Waals surface area contributed by atoms with Gasteiger partial charge in [-0.05, 0) is 66.7 Å². The number of para-hydroxylation sites is 2. The third-order valence-corrected chi connectivity index (χ3v) is 5.71. The van der Waals surface area contributed by atoms with Gasteiger partial charge in [-0.15, -0.1) is 0 Å². The number of amides is 2. The number of benzene rings is 3. The highest BCUT2D eigenvalue weighted by Crippen LogP contribution is 2.31. The molecule has 0 saturated carbocycles. The van der Waals surface area contributed by atoms with Gasteiger partial charge in [0.25, 0.3) is 11.8 Å². The lowest BCUT2D eigenvalue weighted by atomic mass is 10.0. The lowest BCUT2D eigenvalue weighted by Gasteiger charge is -2.37. The van der Waals surface area contributed by atoms with Gasteiger partial charge in [0, 0.05) is 19.8 Å². The van der Waals surface area contributed by atoms with Crippen molar-refractivity contribution in [3.63, 3.8) is 0 Å². The highest BCUT2D eigenvalue weighted by atomic mass is 32.1. The molecule has 1 heterocycles. The van der Waals surface area contributed by atoms with E-state index in [4.69, 9.17) is 12.2 Å². The Hall–Kier alpha value is -3.77. The Morgan fingerprint density at radius 2 is 1.38 bits per heavy atom. The molecule has 0 atom stereocenters. The molecule has 160 valence electrons. The molecular formula is C26H23N3O2S. The van der Waals surface area contributed by atoms with Crippen molar-refractivity contribution >= 4 is 52.3 Å². The third-order valence-electron chi connectivity index (χ3n) is 5.34. The van der Waals surface area contributed by atoms with Crippen molar-refractivity contribution in [2.45, 2.75) is 6.92 Å². The van der Waals surface area contributed by atoms with E-state index in [1.54, 1.807) is 18.2 Å². The Morgan fingerprint density at radius 3 is 2.00 bits per heavy atom. The molecule has 0 aliphatic carbocycles. The number of nitrogens with zero attached hydrogens (tertiary/aromatic N) is 3. The van der Waals surface area contributed by atoms with Gasteiger partial charge in [0.2, 0.25) is 0 Å². The van der Waals surface area contributed by atoms with Crippen LogP contribution in [0.5, 0.6) is 0 Å². The molecule has 0 aromatic heterocycles. The van der Waals surface area contributed by atoms with Crippen molar-refractivity contribution < 1.29 is 9.59 Å². The van der Waals surface area contributed by atoms with Crippen molar-refractivity contribution in [2.24, 2.45) is 0 Å². The van der Waals surface area contributed by atoms with Crippen molar-refractivity contribution in [3.05, 3.63) is 95.6 Å². The lowest BCUT2D eigenvalue weighted by Crippen LogP contribution is -2.57. The number of carbonyl (C=O) groups is 2. The van der Waals surface area contributed by atoms with Crippen LogP contribution in [0, 0.1) is 6.92 Å². The first-order valence-electron chi connectivity index (χ1n) is 10.2. The van der Waals surface area contributed by atoms with Crippen LogP contribution in [0.3, 0.4) is 0 Å². The molecule has 0 spiro atoms. The summed E-state index contributed by atoms with van der Waals surface area (Å²) in [6.45, 7) is 1.91. The number of hydrogen-bond acceptors (Lipinski definition) is 4. The van der Waals surface area contributed by atoms with Crippen LogP contribution in [-0.2, 0) is 9.59 Å². The van der Waals surface area contributed by atoms with Crippen molar-refractivity contribution in [3.8, 4) is 0 Å². The minimum atomic E-state index is -0.437. The smallest absolute Gasteiger partial charge is 0.270 e. The molecule has 5 nitrogen and oxygen atoms in total. The Bertz CT molecular complexity index is 1220. The highest BCUT2D eigenvalue weighted by Gasteiger charge is 2.41. The maximum Gasteiger partial charge on any atom is 0.270 e. The Morgan fingerprint density at radius 1 is 0.781 bits per heavy atom. The van der Waals surface area contributed by atoms with Crippen LogP contribution in [0.2, 0.25) is 0 Å². The minimum Gasteiger partial charge on any atom is -0.378 e. The van der Waals surface area contributed by atoms with Crippen LogP contribution in [0.25, 0.3) is 6.08 Å². The molecule has 32 heavy (non-hydrogen) atoms. The standard InChI is InChI=1S/C26H23N3O2S/c1-18-9-7-8-12-23(18)29-25(31)22(17-19-13-15-20(16-14-19)27(2)3)24(30)28(26(29)32)21-10-5-4-6-11-21/h4-17H,1-3H3/b22-17+. The number of aryl methyl sites for hydroxylation is 1. The number of rotatable bonds is 4.